The van der Waals surface area contributed by atoms with E-state index in [4.69, 9.17) is 14.9 Å². The average molecular weight is 558 g/mol. The zero-order chi connectivity index (χ0) is 29.2. The number of ether oxygens (including phenoxy) is 1. The molecule has 1 aliphatic carbocycles. The molecule has 1 aromatic rings. The Labute approximate surface area is 232 Å². The normalized spacial score (nSPS) is 21.7. The molecule has 1 unspecified atom stereocenters. The lowest BCUT2D eigenvalue weighted by Gasteiger charge is -2.36. The first-order valence-electron chi connectivity index (χ1n) is 13.2. The first-order valence-corrected chi connectivity index (χ1v) is 13.2. The topological polar surface area (TPSA) is 171 Å². The van der Waals surface area contributed by atoms with Crippen LogP contribution in [0.4, 0.5) is 5.95 Å². The van der Waals surface area contributed by atoms with Crippen molar-refractivity contribution in [2.24, 2.45) is 17.8 Å². The zero-order valence-corrected chi connectivity index (χ0v) is 22.6. The molecule has 216 valence electrons. The van der Waals surface area contributed by atoms with Gasteiger partial charge in [0.05, 0.1) is 24.3 Å². The summed E-state index contributed by atoms with van der Waals surface area (Å²) in [6.07, 6.45) is 9.18. The number of carboxylic acid groups (broad SMARTS) is 2. The van der Waals surface area contributed by atoms with E-state index >= 15 is 0 Å². The van der Waals surface area contributed by atoms with Gasteiger partial charge in [0.25, 0.3) is 0 Å². The van der Waals surface area contributed by atoms with Crippen LogP contribution in [-0.2, 0) is 28.7 Å². The van der Waals surface area contributed by atoms with Gasteiger partial charge in [-0.3, -0.25) is 24.2 Å². The van der Waals surface area contributed by atoms with Gasteiger partial charge in [-0.2, -0.15) is 0 Å². The van der Waals surface area contributed by atoms with Gasteiger partial charge < -0.3 is 19.8 Å². The van der Waals surface area contributed by atoms with Gasteiger partial charge in [-0.1, -0.05) is 26.0 Å². The highest BCUT2D eigenvalue weighted by Gasteiger charge is 2.48. The van der Waals surface area contributed by atoms with Crippen LogP contribution in [0.3, 0.4) is 0 Å². The molecule has 13 nitrogen and oxygen atoms in total. The number of imide groups is 1. The van der Waals surface area contributed by atoms with Crippen LogP contribution < -0.4 is 4.90 Å². The van der Waals surface area contributed by atoms with E-state index in [-0.39, 0.29) is 42.1 Å². The number of amides is 2. The van der Waals surface area contributed by atoms with E-state index in [1.165, 1.54) is 4.90 Å². The Morgan fingerprint density at radius 3 is 1.93 bits per heavy atom. The number of aliphatic carboxylic acids is 2. The van der Waals surface area contributed by atoms with Crippen molar-refractivity contribution in [3.05, 3.63) is 42.8 Å². The third-order valence-corrected chi connectivity index (χ3v) is 6.78. The van der Waals surface area contributed by atoms with Crippen molar-refractivity contribution in [1.82, 2.24) is 19.8 Å². The second-order valence-electron chi connectivity index (χ2n) is 10.0. The van der Waals surface area contributed by atoms with E-state index in [2.05, 4.69) is 19.8 Å². The molecule has 2 N–H and O–H groups in total. The van der Waals surface area contributed by atoms with Gasteiger partial charge in [0.1, 0.15) is 6.10 Å². The fourth-order valence-corrected chi connectivity index (χ4v) is 4.70. The van der Waals surface area contributed by atoms with Gasteiger partial charge in [-0.05, 0) is 18.9 Å². The molecule has 3 aliphatic rings. The number of fused-ring (bicyclic) bond motifs is 1. The molecule has 0 bridgehead atoms. The molecule has 13 heteroatoms. The van der Waals surface area contributed by atoms with Crippen molar-refractivity contribution in [3.63, 3.8) is 0 Å². The van der Waals surface area contributed by atoms with Gasteiger partial charge in [-0.15, -0.1) is 0 Å². The number of likely N-dealkylation sites (tertiary alicyclic amines) is 1. The smallest absolute Gasteiger partial charge is 0.328 e. The monoisotopic (exact) mass is 557 g/mol. The van der Waals surface area contributed by atoms with Crippen molar-refractivity contribution >= 4 is 35.7 Å². The fourth-order valence-electron chi connectivity index (χ4n) is 4.70. The van der Waals surface area contributed by atoms with E-state index in [0.29, 0.717) is 37.5 Å². The van der Waals surface area contributed by atoms with Crippen molar-refractivity contribution in [3.8, 4) is 0 Å². The quantitative estimate of drug-likeness (QED) is 0.190. The maximum absolute atomic E-state index is 12.9. The molecule has 0 aromatic carbocycles. The molecular formula is C27H35N5O8. The lowest BCUT2D eigenvalue weighted by atomic mass is 9.85. The first-order chi connectivity index (χ1) is 19.1. The van der Waals surface area contributed by atoms with E-state index < -0.39 is 18.0 Å². The third kappa shape index (κ3) is 8.43. The summed E-state index contributed by atoms with van der Waals surface area (Å²) in [5.74, 6) is -3.22. The second kappa shape index (κ2) is 14.3. The van der Waals surface area contributed by atoms with E-state index in [1.807, 2.05) is 12.2 Å². The lowest BCUT2D eigenvalue weighted by molar-refractivity contribution is -0.158. The van der Waals surface area contributed by atoms with Crippen LogP contribution in [0.1, 0.15) is 26.7 Å². The number of carbonyl (C=O) groups is 5. The second-order valence-corrected chi connectivity index (χ2v) is 10.0. The van der Waals surface area contributed by atoms with Crippen LogP contribution >= 0.6 is 0 Å². The van der Waals surface area contributed by atoms with E-state index in [0.717, 1.165) is 26.2 Å². The molecule has 0 spiro atoms. The van der Waals surface area contributed by atoms with Crippen LogP contribution in [0.15, 0.2) is 42.8 Å². The maximum atomic E-state index is 12.9. The molecule has 2 fully saturated rings. The molecule has 2 amide bonds. The SMILES string of the molecule is CC(C)C(=O)OC(CN1CCN(c2ncccn2)CC1)CN1C(=O)[C@H]2CC=CC[C@H]2C1=O.O=C(O)/C=C\C(=O)O. The van der Waals surface area contributed by atoms with Gasteiger partial charge in [0, 0.05) is 57.3 Å². The fraction of sp³-hybridized carbons (Fsp3) is 0.519. The summed E-state index contributed by atoms with van der Waals surface area (Å²) in [6, 6.07) is 1.79. The summed E-state index contributed by atoms with van der Waals surface area (Å²) in [7, 11) is 0. The number of carbonyl (C=O) groups excluding carboxylic acids is 3. The number of esters is 1. The van der Waals surface area contributed by atoms with Gasteiger partial charge in [0.2, 0.25) is 17.8 Å². The Kier molecular flexibility index (Phi) is 10.9. The summed E-state index contributed by atoms with van der Waals surface area (Å²) in [5.41, 5.74) is 0. The number of hydrogen-bond donors (Lipinski definition) is 2. The predicted molar refractivity (Wildman–Crippen MR) is 142 cm³/mol. The van der Waals surface area contributed by atoms with Crippen molar-refractivity contribution < 1.29 is 38.9 Å². The number of rotatable bonds is 9. The molecule has 0 saturated carbocycles. The van der Waals surface area contributed by atoms with Gasteiger partial charge in [0.15, 0.2) is 0 Å². The number of hydrogen-bond acceptors (Lipinski definition) is 10. The number of carboxylic acids is 2. The van der Waals surface area contributed by atoms with Gasteiger partial charge in [-0.25, -0.2) is 19.6 Å². The third-order valence-electron chi connectivity index (χ3n) is 6.78. The Balaban J connectivity index is 0.000000482. The van der Waals surface area contributed by atoms with Gasteiger partial charge >= 0.3 is 17.9 Å². The Morgan fingerprint density at radius 2 is 1.45 bits per heavy atom. The number of allylic oxidation sites excluding steroid dienone is 2. The largest absolute Gasteiger partial charge is 0.478 e. The number of piperazine rings is 1. The highest BCUT2D eigenvalue weighted by molar-refractivity contribution is 6.05. The van der Waals surface area contributed by atoms with Crippen molar-refractivity contribution in [2.75, 3.05) is 44.2 Å². The van der Waals surface area contributed by atoms with Crippen LogP contribution in [0.25, 0.3) is 0 Å². The molecule has 3 atom stereocenters. The van der Waals surface area contributed by atoms with Crippen molar-refractivity contribution in [1.29, 1.82) is 0 Å². The maximum Gasteiger partial charge on any atom is 0.328 e. The van der Waals surface area contributed by atoms with Crippen LogP contribution in [0, 0.1) is 17.8 Å². The summed E-state index contributed by atoms with van der Waals surface area (Å²) in [4.78, 5) is 71.5. The van der Waals surface area contributed by atoms with Crippen LogP contribution in [0.5, 0.6) is 0 Å². The average Bonchev–Trinajstić information content (AvgIpc) is 3.18. The number of anilines is 1. The van der Waals surface area contributed by atoms with Crippen LogP contribution in [0.2, 0.25) is 0 Å². The molecule has 0 radical (unpaired) electrons. The Bertz CT molecular complexity index is 1090. The van der Waals surface area contributed by atoms with Crippen molar-refractivity contribution in [2.45, 2.75) is 32.8 Å². The first kappa shape index (κ1) is 30.4. The van der Waals surface area contributed by atoms with E-state index in [9.17, 15) is 24.0 Å². The molecule has 2 aliphatic heterocycles. The standard InChI is InChI=1S/C23H31N5O4.C4H4O4/c1-16(2)22(31)32-17(15-28-20(29)18-6-3-4-7-19(18)21(28)30)14-26-10-12-27(13-11-26)23-24-8-5-9-25-23;5-3(6)1-2-4(7)8/h3-5,8-9,16-19H,6-7,10-15H2,1-2H3;1-2H,(H,5,6)(H,7,8)/b;2-1-/t17?,18-,19+;. The van der Waals surface area contributed by atoms with Crippen LogP contribution in [-0.4, -0.2) is 105 Å². The molecule has 4 rings (SSSR count). The number of aromatic nitrogens is 2. The lowest BCUT2D eigenvalue weighted by Crippen LogP contribution is -2.52. The summed E-state index contributed by atoms with van der Waals surface area (Å²) in [5, 5.41) is 15.6. The summed E-state index contributed by atoms with van der Waals surface area (Å²) < 4.78 is 5.76. The molecule has 1 aromatic heterocycles. The van der Waals surface area contributed by atoms with E-state index in [1.54, 1.807) is 32.3 Å². The Hall–Kier alpha value is -4.13. The number of nitrogens with zero attached hydrogens (tertiary/aromatic N) is 5. The Morgan fingerprint density at radius 1 is 0.925 bits per heavy atom. The minimum Gasteiger partial charge on any atom is -0.478 e. The molecule has 3 heterocycles. The highest BCUT2D eigenvalue weighted by Crippen LogP contribution is 2.35. The minimum atomic E-state index is -1.26. The zero-order valence-electron chi connectivity index (χ0n) is 22.6. The molecule has 2 saturated heterocycles. The minimum absolute atomic E-state index is 0.116. The molecule has 40 heavy (non-hydrogen) atoms. The predicted octanol–water partition coefficient (Wildman–Crippen LogP) is 0.829. The highest BCUT2D eigenvalue weighted by atomic mass is 16.5. The molecular weight excluding hydrogens is 522 g/mol. The summed E-state index contributed by atoms with van der Waals surface area (Å²) >= 11 is 0. The summed E-state index contributed by atoms with van der Waals surface area (Å²) in [6.45, 7) is 7.18.